The summed E-state index contributed by atoms with van der Waals surface area (Å²) in [7, 11) is 0. The van der Waals surface area contributed by atoms with E-state index >= 15 is 0 Å². The zero-order chi connectivity index (χ0) is 14.8. The minimum Gasteiger partial charge on any atom is -0.382 e. The highest BCUT2D eigenvalue weighted by molar-refractivity contribution is 5.46. The lowest BCUT2D eigenvalue weighted by atomic mass is 9.99. The van der Waals surface area contributed by atoms with Crippen LogP contribution < -0.4 is 5.32 Å². The Hall–Kier alpha value is -1.30. The van der Waals surface area contributed by atoms with Crippen LogP contribution in [0.5, 0.6) is 0 Å². The van der Waals surface area contributed by atoms with Crippen LogP contribution in [-0.2, 0) is 10.9 Å². The topological polar surface area (TPSA) is 21.3 Å². The lowest BCUT2D eigenvalue weighted by Crippen LogP contribution is -2.23. The van der Waals surface area contributed by atoms with Gasteiger partial charge in [-0.25, -0.2) is 4.39 Å². The van der Waals surface area contributed by atoms with E-state index in [0.717, 1.165) is 25.0 Å². The third-order valence-electron chi connectivity index (χ3n) is 3.60. The number of hydrogen-bond donors (Lipinski definition) is 1. The summed E-state index contributed by atoms with van der Waals surface area (Å²) in [5.74, 6) is -0.617. The van der Waals surface area contributed by atoms with Gasteiger partial charge >= 0.3 is 6.18 Å². The lowest BCUT2D eigenvalue weighted by Gasteiger charge is -2.18. The van der Waals surface area contributed by atoms with Crippen molar-refractivity contribution in [1.82, 2.24) is 0 Å². The molecule has 6 heteroatoms. The van der Waals surface area contributed by atoms with Crippen LogP contribution in [0.3, 0.4) is 0 Å². The molecule has 1 aromatic carbocycles. The average molecular weight is 291 g/mol. The molecular weight excluding hydrogens is 274 g/mol. The number of rotatable bonds is 4. The maximum Gasteiger partial charge on any atom is 0.416 e. The zero-order valence-electron chi connectivity index (χ0n) is 11.1. The first-order valence-electron chi connectivity index (χ1n) is 6.64. The number of anilines is 1. The van der Waals surface area contributed by atoms with Gasteiger partial charge in [0.25, 0.3) is 0 Å². The smallest absolute Gasteiger partial charge is 0.382 e. The fourth-order valence-electron chi connectivity index (χ4n) is 2.45. The normalized spacial score (nSPS) is 23.1. The number of nitrogens with one attached hydrogen (secondary N) is 1. The quantitative estimate of drug-likeness (QED) is 0.844. The van der Waals surface area contributed by atoms with Gasteiger partial charge in [-0.05, 0) is 31.0 Å². The van der Waals surface area contributed by atoms with Crippen molar-refractivity contribution in [1.29, 1.82) is 0 Å². The van der Waals surface area contributed by atoms with Crippen LogP contribution >= 0.6 is 0 Å². The van der Waals surface area contributed by atoms with Crippen LogP contribution in [0.25, 0.3) is 0 Å². The minimum atomic E-state index is -4.52. The highest BCUT2D eigenvalue weighted by Crippen LogP contribution is 2.31. The molecule has 1 heterocycles. The molecule has 0 bridgehead atoms. The largest absolute Gasteiger partial charge is 0.416 e. The van der Waals surface area contributed by atoms with Gasteiger partial charge in [0.05, 0.1) is 17.4 Å². The van der Waals surface area contributed by atoms with Crippen LogP contribution in [0, 0.1) is 11.7 Å². The standard InChI is InChI=1S/C14H17F4NO/c1-2-13-9(5-6-20-13)8-19-12-4-3-10(7-11(12)15)14(16,17)18/h3-4,7,9,13,19H,2,5-6,8H2,1H3. The molecule has 1 fully saturated rings. The van der Waals surface area contributed by atoms with E-state index in [1.165, 1.54) is 0 Å². The summed E-state index contributed by atoms with van der Waals surface area (Å²) >= 11 is 0. The van der Waals surface area contributed by atoms with E-state index < -0.39 is 17.6 Å². The predicted molar refractivity (Wildman–Crippen MR) is 68.0 cm³/mol. The molecule has 1 N–H and O–H groups in total. The molecule has 1 saturated heterocycles. The van der Waals surface area contributed by atoms with E-state index in [1.54, 1.807) is 0 Å². The predicted octanol–water partition coefficient (Wildman–Crippen LogP) is 4.07. The molecule has 2 unspecified atom stereocenters. The number of hydrogen-bond acceptors (Lipinski definition) is 2. The Bertz CT molecular complexity index is 461. The van der Waals surface area contributed by atoms with Gasteiger partial charge in [-0.15, -0.1) is 0 Å². The van der Waals surface area contributed by atoms with Crippen molar-refractivity contribution in [2.75, 3.05) is 18.5 Å². The lowest BCUT2D eigenvalue weighted by molar-refractivity contribution is -0.137. The van der Waals surface area contributed by atoms with Gasteiger partial charge in [0.1, 0.15) is 5.82 Å². The van der Waals surface area contributed by atoms with Crippen LogP contribution in [0.15, 0.2) is 18.2 Å². The SMILES string of the molecule is CCC1OCCC1CNc1ccc(C(F)(F)F)cc1F. The molecule has 0 aromatic heterocycles. The Balaban J connectivity index is 2.00. The second-order valence-corrected chi connectivity index (χ2v) is 4.94. The Morgan fingerprint density at radius 3 is 2.70 bits per heavy atom. The van der Waals surface area contributed by atoms with Crippen LogP contribution in [0.2, 0.25) is 0 Å². The highest BCUT2D eigenvalue weighted by Gasteiger charge is 2.31. The third kappa shape index (κ3) is 3.42. The Morgan fingerprint density at radius 1 is 1.35 bits per heavy atom. The van der Waals surface area contributed by atoms with Gasteiger partial charge < -0.3 is 10.1 Å². The van der Waals surface area contributed by atoms with E-state index in [2.05, 4.69) is 5.32 Å². The summed E-state index contributed by atoms with van der Waals surface area (Å²) in [6.45, 7) is 3.20. The second-order valence-electron chi connectivity index (χ2n) is 4.94. The van der Waals surface area contributed by atoms with Crippen molar-refractivity contribution in [2.45, 2.75) is 32.0 Å². The van der Waals surface area contributed by atoms with E-state index in [-0.39, 0.29) is 17.7 Å². The molecule has 0 radical (unpaired) electrons. The van der Waals surface area contributed by atoms with E-state index in [0.29, 0.717) is 19.2 Å². The van der Waals surface area contributed by atoms with Gasteiger partial charge in [-0.2, -0.15) is 13.2 Å². The van der Waals surface area contributed by atoms with Crippen molar-refractivity contribution in [3.63, 3.8) is 0 Å². The highest BCUT2D eigenvalue weighted by atomic mass is 19.4. The maximum atomic E-state index is 13.6. The Labute approximate surface area is 115 Å². The fourth-order valence-corrected chi connectivity index (χ4v) is 2.45. The first-order chi connectivity index (χ1) is 9.41. The van der Waals surface area contributed by atoms with Crippen molar-refractivity contribution in [2.24, 2.45) is 5.92 Å². The molecule has 2 atom stereocenters. The minimum absolute atomic E-state index is 0.0970. The molecule has 2 rings (SSSR count). The van der Waals surface area contributed by atoms with Gasteiger partial charge in [0, 0.05) is 19.1 Å². The monoisotopic (exact) mass is 291 g/mol. The summed E-state index contributed by atoms with van der Waals surface area (Å²) in [5, 5.41) is 2.88. The van der Waals surface area contributed by atoms with E-state index in [4.69, 9.17) is 4.74 Å². The van der Waals surface area contributed by atoms with Gasteiger partial charge in [0.2, 0.25) is 0 Å². The molecular formula is C14H17F4NO. The molecule has 1 aliphatic heterocycles. The summed E-state index contributed by atoms with van der Waals surface area (Å²) in [6, 6.07) is 2.54. The number of benzene rings is 1. The third-order valence-corrected chi connectivity index (χ3v) is 3.60. The van der Waals surface area contributed by atoms with Crippen molar-refractivity contribution in [3.8, 4) is 0 Å². The molecule has 0 aliphatic carbocycles. The summed E-state index contributed by atoms with van der Waals surface area (Å²) in [4.78, 5) is 0. The summed E-state index contributed by atoms with van der Waals surface area (Å²) < 4.78 is 56.4. The average Bonchev–Trinajstić information content (AvgIpc) is 2.83. The second kappa shape index (κ2) is 5.99. The van der Waals surface area contributed by atoms with Crippen LogP contribution in [-0.4, -0.2) is 19.3 Å². The molecule has 1 aliphatic rings. The number of ether oxygens (including phenoxy) is 1. The maximum absolute atomic E-state index is 13.6. The van der Waals surface area contributed by atoms with Gasteiger partial charge in [-0.1, -0.05) is 6.92 Å². The number of halogens is 4. The van der Waals surface area contributed by atoms with Gasteiger partial charge in [0.15, 0.2) is 0 Å². The van der Waals surface area contributed by atoms with Crippen molar-refractivity contribution in [3.05, 3.63) is 29.6 Å². The molecule has 20 heavy (non-hydrogen) atoms. The molecule has 112 valence electrons. The van der Waals surface area contributed by atoms with Crippen molar-refractivity contribution < 1.29 is 22.3 Å². The molecule has 2 nitrogen and oxygen atoms in total. The summed E-state index contributed by atoms with van der Waals surface area (Å²) in [5.41, 5.74) is -0.879. The van der Waals surface area contributed by atoms with E-state index in [9.17, 15) is 17.6 Å². The molecule has 1 aromatic rings. The fraction of sp³-hybridized carbons (Fsp3) is 0.571. The Morgan fingerprint density at radius 2 is 2.10 bits per heavy atom. The van der Waals surface area contributed by atoms with Crippen molar-refractivity contribution >= 4 is 5.69 Å². The van der Waals surface area contributed by atoms with Crippen LogP contribution in [0.1, 0.15) is 25.3 Å². The molecule has 0 saturated carbocycles. The zero-order valence-corrected chi connectivity index (χ0v) is 11.1. The molecule has 0 spiro atoms. The Kier molecular flexibility index (Phi) is 4.52. The first kappa shape index (κ1) is 15.1. The van der Waals surface area contributed by atoms with Gasteiger partial charge in [-0.3, -0.25) is 0 Å². The summed E-state index contributed by atoms with van der Waals surface area (Å²) in [6.07, 6.45) is -2.62. The number of alkyl halides is 3. The first-order valence-corrected chi connectivity index (χ1v) is 6.64. The molecule has 0 amide bonds. The van der Waals surface area contributed by atoms with E-state index in [1.807, 2.05) is 6.92 Å². The van der Waals surface area contributed by atoms with Crippen LogP contribution in [0.4, 0.5) is 23.2 Å².